The smallest absolute Gasteiger partial charge is 0.242 e. The molecule has 0 radical (unpaired) electrons. The van der Waals surface area contributed by atoms with Gasteiger partial charge in [-0.05, 0) is 25.1 Å². The SMILES string of the molecule is CCOCCNS(=O)(=O)c1ccc(Cl)cc1N. The lowest BCUT2D eigenvalue weighted by Crippen LogP contribution is -2.28. The number of anilines is 1. The number of nitrogens with two attached hydrogens (primary N) is 1. The third kappa shape index (κ3) is 4.16. The Morgan fingerprint density at radius 2 is 2.18 bits per heavy atom. The molecular formula is C10H15ClN2O3S. The van der Waals surface area contributed by atoms with Gasteiger partial charge in [-0.15, -0.1) is 0 Å². The molecule has 7 heteroatoms. The average Bonchev–Trinajstić information content (AvgIpc) is 2.24. The summed E-state index contributed by atoms with van der Waals surface area (Å²) in [4.78, 5) is 0.0263. The molecular weight excluding hydrogens is 264 g/mol. The number of sulfonamides is 1. The van der Waals surface area contributed by atoms with Crippen LogP contribution in [0.4, 0.5) is 5.69 Å². The summed E-state index contributed by atoms with van der Waals surface area (Å²) < 4.78 is 31.1. The average molecular weight is 279 g/mol. The molecule has 0 atom stereocenters. The van der Waals surface area contributed by atoms with Crippen molar-refractivity contribution in [1.82, 2.24) is 4.72 Å². The van der Waals surface area contributed by atoms with Crippen molar-refractivity contribution in [1.29, 1.82) is 0 Å². The molecule has 0 fully saturated rings. The molecule has 0 aromatic heterocycles. The van der Waals surface area contributed by atoms with Crippen LogP contribution in [0.1, 0.15) is 6.92 Å². The van der Waals surface area contributed by atoms with E-state index in [0.29, 0.717) is 18.2 Å². The standard InChI is InChI=1S/C10H15ClN2O3S/c1-2-16-6-5-13-17(14,15)10-4-3-8(11)7-9(10)12/h3-4,7,13H,2,5-6,12H2,1H3. The lowest BCUT2D eigenvalue weighted by atomic mass is 10.3. The second-order valence-electron chi connectivity index (χ2n) is 3.28. The van der Waals surface area contributed by atoms with E-state index < -0.39 is 10.0 Å². The van der Waals surface area contributed by atoms with Gasteiger partial charge in [0.05, 0.1) is 12.3 Å². The predicted molar refractivity (Wildman–Crippen MR) is 67.5 cm³/mol. The normalized spacial score (nSPS) is 11.6. The summed E-state index contributed by atoms with van der Waals surface area (Å²) in [6.07, 6.45) is 0. The van der Waals surface area contributed by atoms with Crippen molar-refractivity contribution >= 4 is 27.3 Å². The lowest BCUT2D eigenvalue weighted by Gasteiger charge is -2.09. The fourth-order valence-electron chi connectivity index (χ4n) is 1.23. The first-order chi connectivity index (χ1) is 7.97. The maximum Gasteiger partial charge on any atom is 0.242 e. The third-order valence-corrected chi connectivity index (χ3v) is 3.77. The number of hydrogen-bond acceptors (Lipinski definition) is 4. The minimum Gasteiger partial charge on any atom is -0.398 e. The Morgan fingerprint density at radius 1 is 1.47 bits per heavy atom. The zero-order chi connectivity index (χ0) is 12.9. The van der Waals surface area contributed by atoms with Gasteiger partial charge in [0.25, 0.3) is 0 Å². The molecule has 1 rings (SSSR count). The van der Waals surface area contributed by atoms with Crippen LogP contribution in [0.15, 0.2) is 23.1 Å². The monoisotopic (exact) mass is 278 g/mol. The van der Waals surface area contributed by atoms with Crippen LogP contribution in [0.25, 0.3) is 0 Å². The van der Waals surface area contributed by atoms with Crippen molar-refractivity contribution in [2.75, 3.05) is 25.5 Å². The quantitative estimate of drug-likeness (QED) is 0.606. The maximum atomic E-state index is 11.8. The Labute approximate surface area is 106 Å². The summed E-state index contributed by atoms with van der Waals surface area (Å²) in [6, 6.07) is 4.26. The van der Waals surface area contributed by atoms with Crippen molar-refractivity contribution in [2.24, 2.45) is 0 Å². The van der Waals surface area contributed by atoms with Crippen LogP contribution in [0, 0.1) is 0 Å². The highest BCUT2D eigenvalue weighted by molar-refractivity contribution is 7.89. The largest absolute Gasteiger partial charge is 0.398 e. The maximum absolute atomic E-state index is 11.8. The van der Waals surface area contributed by atoms with Crippen LogP contribution in [0.3, 0.4) is 0 Å². The molecule has 5 nitrogen and oxygen atoms in total. The lowest BCUT2D eigenvalue weighted by molar-refractivity contribution is 0.153. The van der Waals surface area contributed by atoms with Gasteiger partial charge in [-0.25, -0.2) is 13.1 Å². The first kappa shape index (κ1) is 14.2. The zero-order valence-corrected chi connectivity index (χ0v) is 11.0. The second kappa shape index (κ2) is 6.20. The first-order valence-corrected chi connectivity index (χ1v) is 6.96. The van der Waals surface area contributed by atoms with Crippen molar-refractivity contribution in [3.05, 3.63) is 23.2 Å². The van der Waals surface area contributed by atoms with Crippen LogP contribution in [0.2, 0.25) is 5.02 Å². The highest BCUT2D eigenvalue weighted by Crippen LogP contribution is 2.21. The Hall–Kier alpha value is -0.820. The predicted octanol–water partition coefficient (Wildman–Crippen LogP) is 1.24. The summed E-state index contributed by atoms with van der Waals surface area (Å²) in [5.74, 6) is 0. The Morgan fingerprint density at radius 3 is 2.76 bits per heavy atom. The van der Waals surface area contributed by atoms with E-state index in [1.807, 2.05) is 6.92 Å². The van der Waals surface area contributed by atoms with E-state index in [2.05, 4.69) is 4.72 Å². The van der Waals surface area contributed by atoms with Gasteiger partial charge in [-0.1, -0.05) is 11.6 Å². The highest BCUT2D eigenvalue weighted by atomic mass is 35.5. The van der Waals surface area contributed by atoms with Gasteiger partial charge in [0.15, 0.2) is 0 Å². The molecule has 0 aliphatic rings. The van der Waals surface area contributed by atoms with Crippen LogP contribution in [-0.2, 0) is 14.8 Å². The second-order valence-corrected chi connectivity index (χ2v) is 5.45. The fourth-order valence-corrected chi connectivity index (χ4v) is 2.54. The minimum atomic E-state index is -3.60. The Balaban J connectivity index is 2.76. The van der Waals surface area contributed by atoms with Gasteiger partial charge in [0.2, 0.25) is 10.0 Å². The van der Waals surface area contributed by atoms with E-state index in [1.165, 1.54) is 18.2 Å². The molecule has 0 bridgehead atoms. The molecule has 96 valence electrons. The Kier molecular flexibility index (Phi) is 5.20. The van der Waals surface area contributed by atoms with Crippen LogP contribution in [-0.4, -0.2) is 28.2 Å². The van der Waals surface area contributed by atoms with E-state index in [1.54, 1.807) is 0 Å². The molecule has 0 unspecified atom stereocenters. The van der Waals surface area contributed by atoms with E-state index >= 15 is 0 Å². The molecule has 0 heterocycles. The van der Waals surface area contributed by atoms with E-state index in [9.17, 15) is 8.42 Å². The van der Waals surface area contributed by atoms with Gasteiger partial charge in [-0.3, -0.25) is 0 Å². The molecule has 17 heavy (non-hydrogen) atoms. The number of hydrogen-bond donors (Lipinski definition) is 2. The summed E-state index contributed by atoms with van der Waals surface area (Å²) in [7, 11) is -3.60. The van der Waals surface area contributed by atoms with E-state index in [-0.39, 0.29) is 17.1 Å². The van der Waals surface area contributed by atoms with Gasteiger partial charge >= 0.3 is 0 Å². The van der Waals surface area contributed by atoms with Gasteiger partial charge < -0.3 is 10.5 Å². The van der Waals surface area contributed by atoms with E-state index in [4.69, 9.17) is 22.1 Å². The number of benzene rings is 1. The molecule has 1 aromatic rings. The number of nitrogens with one attached hydrogen (secondary N) is 1. The molecule has 0 aliphatic carbocycles. The first-order valence-electron chi connectivity index (χ1n) is 5.10. The molecule has 0 spiro atoms. The summed E-state index contributed by atoms with van der Waals surface area (Å²) >= 11 is 5.70. The van der Waals surface area contributed by atoms with Crippen LogP contribution < -0.4 is 10.5 Å². The summed E-state index contributed by atoms with van der Waals surface area (Å²) in [5, 5.41) is 0.399. The zero-order valence-electron chi connectivity index (χ0n) is 9.44. The van der Waals surface area contributed by atoms with Crippen molar-refractivity contribution in [3.63, 3.8) is 0 Å². The van der Waals surface area contributed by atoms with Gasteiger partial charge in [-0.2, -0.15) is 0 Å². The van der Waals surface area contributed by atoms with Crippen molar-refractivity contribution in [2.45, 2.75) is 11.8 Å². The number of rotatable bonds is 6. The van der Waals surface area contributed by atoms with Gasteiger partial charge in [0.1, 0.15) is 4.90 Å². The Bertz CT molecular complexity index is 476. The highest BCUT2D eigenvalue weighted by Gasteiger charge is 2.16. The topological polar surface area (TPSA) is 81.4 Å². The van der Waals surface area contributed by atoms with E-state index in [0.717, 1.165) is 0 Å². The molecule has 0 saturated carbocycles. The molecule has 3 N–H and O–H groups in total. The fraction of sp³-hybridized carbons (Fsp3) is 0.400. The molecule has 1 aromatic carbocycles. The van der Waals surface area contributed by atoms with Crippen molar-refractivity contribution < 1.29 is 13.2 Å². The van der Waals surface area contributed by atoms with Crippen LogP contribution >= 0.6 is 11.6 Å². The molecule has 0 saturated heterocycles. The minimum absolute atomic E-state index is 0.0263. The summed E-state index contributed by atoms with van der Waals surface area (Å²) in [6.45, 7) is 2.91. The number of halogens is 1. The third-order valence-electron chi connectivity index (χ3n) is 2.00. The van der Waals surface area contributed by atoms with Gasteiger partial charge in [0, 0.05) is 18.2 Å². The molecule has 0 amide bonds. The number of ether oxygens (including phenoxy) is 1. The summed E-state index contributed by atoms with van der Waals surface area (Å²) in [5.41, 5.74) is 5.73. The van der Waals surface area contributed by atoms with Crippen LogP contribution in [0.5, 0.6) is 0 Å². The van der Waals surface area contributed by atoms with Crippen molar-refractivity contribution in [3.8, 4) is 0 Å². The molecule has 0 aliphatic heterocycles. The number of nitrogen functional groups attached to an aromatic ring is 1.